The minimum absolute atomic E-state index is 0.209. The van der Waals surface area contributed by atoms with E-state index < -0.39 is 17.4 Å². The number of nitrogens with one attached hydrogen (secondary N) is 1. The van der Waals surface area contributed by atoms with Crippen molar-refractivity contribution in [1.82, 2.24) is 14.8 Å². The molecule has 0 fully saturated rings. The minimum Gasteiger partial charge on any atom is -0.457 e. The van der Waals surface area contributed by atoms with Gasteiger partial charge in [0.1, 0.15) is 11.5 Å². The van der Waals surface area contributed by atoms with E-state index in [9.17, 15) is 18.0 Å². The molecular formula is C21H14F3N3O2. The van der Waals surface area contributed by atoms with Gasteiger partial charge in [0.15, 0.2) is 5.82 Å². The van der Waals surface area contributed by atoms with Gasteiger partial charge in [0, 0.05) is 5.56 Å². The number of para-hydroxylation sites is 1. The average molecular weight is 397 g/mol. The summed E-state index contributed by atoms with van der Waals surface area (Å²) in [6.45, 7) is 0. The lowest BCUT2D eigenvalue weighted by Gasteiger charge is -2.10. The molecule has 0 radical (unpaired) electrons. The molecule has 4 aromatic rings. The highest BCUT2D eigenvalue weighted by molar-refractivity contribution is 5.59. The van der Waals surface area contributed by atoms with Crippen LogP contribution in [0, 0.1) is 0 Å². The van der Waals surface area contributed by atoms with Crippen molar-refractivity contribution in [3.63, 3.8) is 0 Å². The second-order valence-electron chi connectivity index (χ2n) is 6.17. The zero-order valence-corrected chi connectivity index (χ0v) is 14.9. The minimum atomic E-state index is -4.43. The number of halogens is 3. The van der Waals surface area contributed by atoms with Crippen LogP contribution in [0.4, 0.5) is 13.2 Å². The number of hydrogen-bond donors (Lipinski definition) is 1. The van der Waals surface area contributed by atoms with Crippen molar-refractivity contribution in [2.45, 2.75) is 6.18 Å². The van der Waals surface area contributed by atoms with E-state index in [1.54, 1.807) is 24.3 Å². The smallest absolute Gasteiger partial charge is 0.416 e. The summed E-state index contributed by atoms with van der Waals surface area (Å²) in [6, 6.07) is 20.4. The van der Waals surface area contributed by atoms with Gasteiger partial charge in [-0.25, -0.2) is 14.5 Å². The molecule has 0 aliphatic rings. The summed E-state index contributed by atoms with van der Waals surface area (Å²) in [6.07, 6.45) is -4.43. The lowest BCUT2D eigenvalue weighted by molar-refractivity contribution is -0.137. The van der Waals surface area contributed by atoms with Crippen LogP contribution < -0.4 is 10.4 Å². The zero-order valence-electron chi connectivity index (χ0n) is 14.9. The van der Waals surface area contributed by atoms with Crippen LogP contribution >= 0.6 is 0 Å². The molecule has 0 saturated carbocycles. The number of alkyl halides is 3. The van der Waals surface area contributed by atoms with Gasteiger partial charge < -0.3 is 4.74 Å². The van der Waals surface area contributed by atoms with E-state index >= 15 is 0 Å². The molecule has 0 atom stereocenters. The summed E-state index contributed by atoms with van der Waals surface area (Å²) in [5.41, 5.74) is -0.398. The van der Waals surface area contributed by atoms with Crippen molar-refractivity contribution in [2.75, 3.05) is 0 Å². The lowest BCUT2D eigenvalue weighted by Crippen LogP contribution is -2.15. The molecule has 0 spiro atoms. The van der Waals surface area contributed by atoms with E-state index in [4.69, 9.17) is 4.74 Å². The first-order valence-corrected chi connectivity index (χ1v) is 8.60. The summed E-state index contributed by atoms with van der Waals surface area (Å²) in [5.74, 6) is 1.46. The maximum absolute atomic E-state index is 12.8. The van der Waals surface area contributed by atoms with Gasteiger partial charge in [0.25, 0.3) is 0 Å². The Balaban J connectivity index is 1.64. The van der Waals surface area contributed by atoms with Crippen molar-refractivity contribution in [3.8, 4) is 28.6 Å². The van der Waals surface area contributed by atoms with Crippen LogP contribution in [0.1, 0.15) is 5.56 Å². The normalized spacial score (nSPS) is 11.4. The Labute approximate surface area is 163 Å². The fraction of sp³-hybridized carbons (Fsp3) is 0.0476. The Kier molecular flexibility index (Phi) is 4.67. The van der Waals surface area contributed by atoms with E-state index in [1.807, 2.05) is 30.3 Å². The molecule has 1 aromatic heterocycles. The monoisotopic (exact) mass is 397 g/mol. The van der Waals surface area contributed by atoms with Crippen molar-refractivity contribution in [3.05, 3.63) is 94.9 Å². The highest BCUT2D eigenvalue weighted by atomic mass is 19.4. The number of aromatic amines is 1. The summed E-state index contributed by atoms with van der Waals surface area (Å²) in [5, 5.41) is 6.29. The molecule has 0 unspecified atom stereocenters. The molecule has 0 aliphatic heterocycles. The fourth-order valence-corrected chi connectivity index (χ4v) is 2.83. The lowest BCUT2D eigenvalue weighted by atomic mass is 10.1. The van der Waals surface area contributed by atoms with Crippen LogP contribution in [0.3, 0.4) is 0 Å². The first-order chi connectivity index (χ1) is 13.9. The van der Waals surface area contributed by atoms with E-state index in [-0.39, 0.29) is 5.82 Å². The largest absolute Gasteiger partial charge is 0.457 e. The highest BCUT2D eigenvalue weighted by Gasteiger charge is 2.30. The SMILES string of the molecule is O=c1[nH]nc(-c2ccc(C(F)(F)F)cc2)n1-c1ccc(Oc2ccccc2)cc1. The maximum Gasteiger partial charge on any atom is 0.416 e. The standard InChI is InChI=1S/C21H14F3N3O2/c22-21(23,24)15-8-6-14(7-9-15)19-25-26-20(28)27(19)16-10-12-18(13-11-16)29-17-4-2-1-3-5-17/h1-13H,(H,26,28). The van der Waals surface area contributed by atoms with Gasteiger partial charge in [-0.1, -0.05) is 30.3 Å². The molecule has 0 aliphatic carbocycles. The predicted octanol–water partition coefficient (Wildman–Crippen LogP) is 5.04. The number of hydrogen-bond acceptors (Lipinski definition) is 3. The van der Waals surface area contributed by atoms with Gasteiger partial charge >= 0.3 is 11.9 Å². The Bertz CT molecular complexity index is 1160. The third-order valence-electron chi connectivity index (χ3n) is 4.22. The van der Waals surface area contributed by atoms with Gasteiger partial charge in [-0.05, 0) is 48.5 Å². The first kappa shape index (κ1) is 18.5. The van der Waals surface area contributed by atoms with Crippen LogP contribution in [-0.4, -0.2) is 14.8 Å². The Morgan fingerprint density at radius 3 is 2.07 bits per heavy atom. The maximum atomic E-state index is 12.8. The van der Waals surface area contributed by atoms with Crippen LogP contribution in [0.5, 0.6) is 11.5 Å². The number of benzene rings is 3. The topological polar surface area (TPSA) is 59.9 Å². The molecule has 4 rings (SSSR count). The number of nitrogens with zero attached hydrogens (tertiary/aromatic N) is 2. The molecule has 0 amide bonds. The van der Waals surface area contributed by atoms with Crippen molar-refractivity contribution >= 4 is 0 Å². The number of H-pyrrole nitrogens is 1. The van der Waals surface area contributed by atoms with Gasteiger partial charge in [-0.15, -0.1) is 0 Å². The molecule has 0 saturated heterocycles. The second-order valence-corrected chi connectivity index (χ2v) is 6.17. The molecule has 5 nitrogen and oxygen atoms in total. The molecule has 1 N–H and O–H groups in total. The first-order valence-electron chi connectivity index (χ1n) is 8.60. The molecule has 146 valence electrons. The fourth-order valence-electron chi connectivity index (χ4n) is 2.83. The summed E-state index contributed by atoms with van der Waals surface area (Å²) < 4.78 is 45.3. The molecule has 1 heterocycles. The molecule has 0 bridgehead atoms. The zero-order chi connectivity index (χ0) is 20.4. The molecular weight excluding hydrogens is 383 g/mol. The van der Waals surface area contributed by atoms with Gasteiger partial charge in [0.05, 0.1) is 11.3 Å². The van der Waals surface area contributed by atoms with E-state index in [2.05, 4.69) is 10.2 Å². The van der Waals surface area contributed by atoms with Crippen LogP contribution in [0.15, 0.2) is 83.7 Å². The average Bonchev–Trinajstić information content (AvgIpc) is 3.10. The Morgan fingerprint density at radius 1 is 0.828 bits per heavy atom. The quantitative estimate of drug-likeness (QED) is 0.525. The Hall–Kier alpha value is -3.81. The molecule has 29 heavy (non-hydrogen) atoms. The number of rotatable bonds is 4. The molecule has 3 aromatic carbocycles. The Morgan fingerprint density at radius 2 is 1.45 bits per heavy atom. The predicted molar refractivity (Wildman–Crippen MR) is 101 cm³/mol. The van der Waals surface area contributed by atoms with Crippen LogP contribution in [-0.2, 0) is 6.18 Å². The summed E-state index contributed by atoms with van der Waals surface area (Å²) in [7, 11) is 0. The van der Waals surface area contributed by atoms with Crippen molar-refractivity contribution < 1.29 is 17.9 Å². The molecule has 8 heteroatoms. The summed E-state index contributed by atoms with van der Waals surface area (Å²) >= 11 is 0. The number of aromatic nitrogens is 3. The van der Waals surface area contributed by atoms with E-state index in [0.717, 1.165) is 12.1 Å². The van der Waals surface area contributed by atoms with Crippen molar-refractivity contribution in [1.29, 1.82) is 0 Å². The van der Waals surface area contributed by atoms with Gasteiger partial charge in [-0.2, -0.15) is 18.3 Å². The van der Waals surface area contributed by atoms with Gasteiger partial charge in [-0.3, -0.25) is 0 Å². The third-order valence-corrected chi connectivity index (χ3v) is 4.22. The van der Waals surface area contributed by atoms with Crippen LogP contribution in [0.2, 0.25) is 0 Å². The van der Waals surface area contributed by atoms with Crippen LogP contribution in [0.25, 0.3) is 17.1 Å². The van der Waals surface area contributed by atoms with Crippen molar-refractivity contribution in [2.24, 2.45) is 0 Å². The highest BCUT2D eigenvalue weighted by Crippen LogP contribution is 2.31. The van der Waals surface area contributed by atoms with Gasteiger partial charge in [0.2, 0.25) is 0 Å². The number of ether oxygens (including phenoxy) is 1. The second kappa shape index (κ2) is 7.31. The van der Waals surface area contributed by atoms with E-state index in [1.165, 1.54) is 16.7 Å². The van der Waals surface area contributed by atoms with E-state index in [0.29, 0.717) is 22.7 Å². The third kappa shape index (κ3) is 3.91. The summed E-state index contributed by atoms with van der Waals surface area (Å²) in [4.78, 5) is 12.2.